The quantitative estimate of drug-likeness (QED) is 0.656. The zero-order chi connectivity index (χ0) is 21.8. The molecule has 1 aromatic carbocycles. The van der Waals surface area contributed by atoms with E-state index in [0.717, 1.165) is 6.54 Å². The van der Waals surface area contributed by atoms with Crippen LogP contribution < -0.4 is 10.6 Å². The molecule has 0 unspecified atom stereocenters. The van der Waals surface area contributed by atoms with Gasteiger partial charge in [-0.05, 0) is 55.9 Å². The molecule has 3 N–H and O–H groups in total. The average Bonchev–Trinajstić information content (AvgIpc) is 3.56. The number of hydrogen-bond donors (Lipinski definition) is 3. The number of urea groups is 1. The largest absolute Gasteiger partial charge is 0.389 e. The number of aliphatic hydroxyl groups excluding tert-OH is 1. The molecule has 9 heteroatoms. The van der Waals surface area contributed by atoms with E-state index in [0.29, 0.717) is 30.9 Å². The third-order valence-electron chi connectivity index (χ3n) is 6.04. The number of nitrogens with zero attached hydrogens (tertiary/aromatic N) is 1. The highest BCUT2D eigenvalue weighted by Gasteiger charge is 2.40. The van der Waals surface area contributed by atoms with Crippen molar-refractivity contribution >= 4 is 17.6 Å². The van der Waals surface area contributed by atoms with E-state index in [-0.39, 0.29) is 55.8 Å². The number of carbonyl (C=O) groups is 2. The summed E-state index contributed by atoms with van der Waals surface area (Å²) in [5.74, 6) is 0.229. The normalized spacial score (nSPS) is 28.8. The number of nitrogens with one attached hydrogen (secondary N) is 2. The minimum Gasteiger partial charge on any atom is -0.389 e. The molecule has 2 aliphatic heterocycles. The zero-order valence-electron chi connectivity index (χ0n) is 17.5. The number of benzene rings is 1. The van der Waals surface area contributed by atoms with Crippen LogP contribution in [0.4, 0.5) is 14.9 Å². The fourth-order valence-corrected chi connectivity index (χ4v) is 4.16. The standard InChI is InChI=1S/C22H30FN3O5/c23-15-3-5-16(6-4-15)25-22(29)26-11-17(27)12-30-13-20-19(26)8-7-18(31-20)9-21(28)24-10-14-1-2-14/h3-6,14,17-20,27H,1-2,7-13H2,(H,24,28)(H,25,29)/t17-,18+,19-,20+/m0/s1. The lowest BCUT2D eigenvalue weighted by Crippen LogP contribution is -2.58. The first-order valence-electron chi connectivity index (χ1n) is 11.0. The minimum absolute atomic E-state index is 0.0107. The number of β-amino-alcohol motifs (C(OH)–C–C–N with tert-alkyl or cyclic N) is 1. The predicted molar refractivity (Wildman–Crippen MR) is 111 cm³/mol. The lowest BCUT2D eigenvalue weighted by molar-refractivity contribution is -0.149. The van der Waals surface area contributed by atoms with Crippen molar-refractivity contribution in [3.8, 4) is 0 Å². The van der Waals surface area contributed by atoms with Gasteiger partial charge in [0.15, 0.2) is 0 Å². The highest BCUT2D eigenvalue weighted by Crippen LogP contribution is 2.29. The number of amides is 3. The van der Waals surface area contributed by atoms with Gasteiger partial charge in [0.25, 0.3) is 0 Å². The van der Waals surface area contributed by atoms with Crippen LogP contribution in [-0.4, -0.2) is 72.6 Å². The molecule has 0 aromatic heterocycles. The number of aliphatic hydroxyl groups is 1. The van der Waals surface area contributed by atoms with Crippen LogP contribution in [0.15, 0.2) is 24.3 Å². The number of carbonyl (C=O) groups excluding carboxylic acids is 2. The van der Waals surface area contributed by atoms with Crippen LogP contribution in [0.25, 0.3) is 0 Å². The van der Waals surface area contributed by atoms with E-state index in [1.54, 1.807) is 4.90 Å². The Hall–Kier alpha value is -2.23. The Labute approximate surface area is 181 Å². The van der Waals surface area contributed by atoms with E-state index in [1.807, 2.05) is 0 Å². The number of fused-ring (bicyclic) bond motifs is 1. The Balaban J connectivity index is 1.38. The van der Waals surface area contributed by atoms with E-state index in [1.165, 1.54) is 37.1 Å². The Morgan fingerprint density at radius 3 is 2.65 bits per heavy atom. The Morgan fingerprint density at radius 2 is 1.90 bits per heavy atom. The van der Waals surface area contributed by atoms with Crippen molar-refractivity contribution in [3.05, 3.63) is 30.1 Å². The number of halogens is 1. The van der Waals surface area contributed by atoms with Gasteiger partial charge in [-0.3, -0.25) is 4.79 Å². The molecule has 2 saturated heterocycles. The van der Waals surface area contributed by atoms with E-state index in [4.69, 9.17) is 9.47 Å². The molecule has 3 amide bonds. The van der Waals surface area contributed by atoms with Crippen LogP contribution in [0.2, 0.25) is 0 Å². The van der Waals surface area contributed by atoms with Crippen LogP contribution in [0.1, 0.15) is 32.1 Å². The zero-order valence-corrected chi connectivity index (χ0v) is 17.5. The summed E-state index contributed by atoms with van der Waals surface area (Å²) >= 11 is 0. The second-order valence-corrected chi connectivity index (χ2v) is 8.67. The number of ether oxygens (including phenoxy) is 2. The van der Waals surface area contributed by atoms with Crippen molar-refractivity contribution in [1.82, 2.24) is 10.2 Å². The number of rotatable bonds is 5. The number of anilines is 1. The van der Waals surface area contributed by atoms with Crippen LogP contribution in [-0.2, 0) is 14.3 Å². The van der Waals surface area contributed by atoms with E-state index in [9.17, 15) is 19.1 Å². The molecule has 0 bridgehead atoms. The van der Waals surface area contributed by atoms with Crippen molar-refractivity contribution in [2.75, 3.05) is 31.6 Å². The van der Waals surface area contributed by atoms with Crippen LogP contribution >= 0.6 is 0 Å². The molecule has 8 nitrogen and oxygen atoms in total. The molecule has 0 spiro atoms. The van der Waals surface area contributed by atoms with Gasteiger partial charge in [0.05, 0.1) is 44.4 Å². The molecule has 4 atom stereocenters. The molecule has 3 fully saturated rings. The lowest BCUT2D eigenvalue weighted by Gasteiger charge is -2.44. The van der Waals surface area contributed by atoms with Gasteiger partial charge in [-0.25, -0.2) is 9.18 Å². The van der Waals surface area contributed by atoms with Gasteiger partial charge >= 0.3 is 6.03 Å². The molecule has 1 aromatic rings. The molecule has 1 aliphatic carbocycles. The molecule has 2 heterocycles. The second kappa shape index (κ2) is 9.93. The topological polar surface area (TPSA) is 100 Å². The first-order chi connectivity index (χ1) is 15.0. The fourth-order valence-electron chi connectivity index (χ4n) is 4.16. The average molecular weight is 435 g/mol. The second-order valence-electron chi connectivity index (χ2n) is 8.67. The summed E-state index contributed by atoms with van der Waals surface area (Å²) in [6.45, 7) is 1.17. The van der Waals surface area contributed by atoms with Crippen LogP contribution in [0.3, 0.4) is 0 Å². The lowest BCUT2D eigenvalue weighted by atomic mass is 9.95. The summed E-state index contributed by atoms with van der Waals surface area (Å²) in [6.07, 6.45) is 2.50. The molecular weight excluding hydrogens is 405 g/mol. The molecule has 31 heavy (non-hydrogen) atoms. The van der Waals surface area contributed by atoms with Crippen molar-refractivity contribution in [2.45, 2.75) is 56.5 Å². The third-order valence-corrected chi connectivity index (χ3v) is 6.04. The van der Waals surface area contributed by atoms with Crippen molar-refractivity contribution in [1.29, 1.82) is 0 Å². The van der Waals surface area contributed by atoms with Crippen molar-refractivity contribution < 1.29 is 28.6 Å². The SMILES string of the molecule is O=C(C[C@H]1CC[C@H]2[C@@H](COC[C@@H](O)CN2C(=O)Nc2ccc(F)cc2)O1)NCC1CC1. The van der Waals surface area contributed by atoms with Crippen molar-refractivity contribution in [3.63, 3.8) is 0 Å². The Bertz CT molecular complexity index is 773. The van der Waals surface area contributed by atoms with Gasteiger partial charge in [0.1, 0.15) is 11.9 Å². The molecule has 3 aliphatic rings. The van der Waals surface area contributed by atoms with E-state index < -0.39 is 6.10 Å². The predicted octanol–water partition coefficient (Wildman–Crippen LogP) is 1.88. The maximum absolute atomic E-state index is 13.2. The molecule has 170 valence electrons. The molecule has 4 rings (SSSR count). The summed E-state index contributed by atoms with van der Waals surface area (Å²) in [5, 5.41) is 15.9. The first kappa shape index (κ1) is 22.0. The Morgan fingerprint density at radius 1 is 1.13 bits per heavy atom. The van der Waals surface area contributed by atoms with E-state index in [2.05, 4.69) is 10.6 Å². The fraction of sp³-hybridized carbons (Fsp3) is 0.636. The molecule has 1 saturated carbocycles. The number of hydrogen-bond acceptors (Lipinski definition) is 5. The maximum Gasteiger partial charge on any atom is 0.322 e. The summed E-state index contributed by atoms with van der Waals surface area (Å²) in [6, 6.07) is 4.85. The van der Waals surface area contributed by atoms with E-state index >= 15 is 0 Å². The van der Waals surface area contributed by atoms with Crippen molar-refractivity contribution in [2.24, 2.45) is 5.92 Å². The monoisotopic (exact) mass is 435 g/mol. The summed E-state index contributed by atoms with van der Waals surface area (Å²) in [5.41, 5.74) is 0.470. The van der Waals surface area contributed by atoms with Gasteiger partial charge in [-0.15, -0.1) is 0 Å². The van der Waals surface area contributed by atoms with Gasteiger partial charge in [-0.1, -0.05) is 0 Å². The smallest absolute Gasteiger partial charge is 0.322 e. The third kappa shape index (κ3) is 6.15. The summed E-state index contributed by atoms with van der Waals surface area (Å²) in [4.78, 5) is 26.8. The van der Waals surface area contributed by atoms with Crippen LogP contribution in [0, 0.1) is 11.7 Å². The summed E-state index contributed by atoms with van der Waals surface area (Å²) in [7, 11) is 0. The highest BCUT2D eigenvalue weighted by molar-refractivity contribution is 5.89. The molecule has 0 radical (unpaired) electrons. The van der Waals surface area contributed by atoms with Gasteiger partial charge in [0, 0.05) is 12.2 Å². The maximum atomic E-state index is 13.2. The summed E-state index contributed by atoms with van der Waals surface area (Å²) < 4.78 is 24.9. The molecular formula is C22H30FN3O5. The van der Waals surface area contributed by atoms with Gasteiger partial charge < -0.3 is 30.1 Å². The minimum atomic E-state index is -0.814. The highest BCUT2D eigenvalue weighted by atomic mass is 19.1. The van der Waals surface area contributed by atoms with Gasteiger partial charge in [-0.2, -0.15) is 0 Å². The van der Waals surface area contributed by atoms with Crippen LogP contribution in [0.5, 0.6) is 0 Å². The van der Waals surface area contributed by atoms with Gasteiger partial charge in [0.2, 0.25) is 5.91 Å². The first-order valence-corrected chi connectivity index (χ1v) is 11.0. The Kier molecular flexibility index (Phi) is 7.04.